The van der Waals surface area contributed by atoms with E-state index in [1.165, 1.54) is 57.8 Å². The SMILES string of the molecule is [CH]1CC/C=C\C=C\CCCCCCC1. The molecule has 0 nitrogen and oxygen atoms in total. The van der Waals surface area contributed by atoms with Crippen LogP contribution in [0.2, 0.25) is 0 Å². The monoisotopic (exact) mass is 191 g/mol. The molecule has 0 saturated carbocycles. The van der Waals surface area contributed by atoms with E-state index >= 15 is 0 Å². The Morgan fingerprint density at radius 3 is 2.00 bits per heavy atom. The van der Waals surface area contributed by atoms with E-state index in [9.17, 15) is 0 Å². The largest absolute Gasteiger partial charge is 0.0845 e. The zero-order chi connectivity index (χ0) is 9.90. The summed E-state index contributed by atoms with van der Waals surface area (Å²) >= 11 is 0. The summed E-state index contributed by atoms with van der Waals surface area (Å²) in [6, 6.07) is 0. The Morgan fingerprint density at radius 2 is 1.14 bits per heavy atom. The molecule has 0 amide bonds. The first-order chi connectivity index (χ1) is 7.00. The molecule has 0 heterocycles. The summed E-state index contributed by atoms with van der Waals surface area (Å²) in [4.78, 5) is 0. The van der Waals surface area contributed by atoms with Crippen LogP contribution in [-0.2, 0) is 0 Å². The van der Waals surface area contributed by atoms with Crippen molar-refractivity contribution in [2.45, 2.75) is 57.8 Å². The molecule has 0 fully saturated rings. The summed E-state index contributed by atoms with van der Waals surface area (Å²) in [7, 11) is 0. The molecule has 0 N–H and O–H groups in total. The smallest absolute Gasteiger partial charge is 0.0345 e. The van der Waals surface area contributed by atoms with Gasteiger partial charge in [0.2, 0.25) is 0 Å². The molecule has 0 atom stereocenters. The maximum Gasteiger partial charge on any atom is -0.0345 e. The standard InChI is InChI=1S/C14H23/c1-2-4-6-8-10-12-14-13-11-9-7-5-3-1/h1-4,9H,5-8,10-14H2/b3-1-,4-2+. The molecule has 0 bridgehead atoms. The van der Waals surface area contributed by atoms with Crippen molar-refractivity contribution in [3.05, 3.63) is 30.7 Å². The molecule has 0 saturated heterocycles. The van der Waals surface area contributed by atoms with Gasteiger partial charge in [-0.3, -0.25) is 0 Å². The van der Waals surface area contributed by atoms with Gasteiger partial charge in [-0.1, -0.05) is 56.4 Å². The fourth-order valence-electron chi connectivity index (χ4n) is 1.79. The average molecular weight is 191 g/mol. The molecule has 0 aromatic heterocycles. The van der Waals surface area contributed by atoms with Crippen LogP contribution in [0.15, 0.2) is 24.3 Å². The van der Waals surface area contributed by atoms with Gasteiger partial charge in [-0.25, -0.2) is 0 Å². The van der Waals surface area contributed by atoms with Crippen molar-refractivity contribution >= 4 is 0 Å². The topological polar surface area (TPSA) is 0 Å². The summed E-state index contributed by atoms with van der Waals surface area (Å²) < 4.78 is 0. The van der Waals surface area contributed by atoms with Crippen LogP contribution >= 0.6 is 0 Å². The Bertz CT molecular complexity index is 145. The molecule has 0 spiro atoms. The molecule has 0 unspecified atom stereocenters. The lowest BCUT2D eigenvalue weighted by Crippen LogP contribution is -1.82. The molecule has 79 valence electrons. The predicted octanol–water partition coefficient (Wildman–Crippen LogP) is 4.83. The van der Waals surface area contributed by atoms with E-state index in [1.807, 2.05) is 0 Å². The third kappa shape index (κ3) is 6.94. The highest BCUT2D eigenvalue weighted by Crippen LogP contribution is 2.11. The normalized spacial score (nSPS) is 26.3. The highest BCUT2D eigenvalue weighted by molar-refractivity contribution is 5.02. The van der Waals surface area contributed by atoms with Crippen LogP contribution in [0.3, 0.4) is 0 Å². The van der Waals surface area contributed by atoms with Gasteiger partial charge >= 0.3 is 0 Å². The minimum absolute atomic E-state index is 1.21. The minimum atomic E-state index is 1.21. The van der Waals surface area contributed by atoms with Gasteiger partial charge in [0.25, 0.3) is 0 Å². The van der Waals surface area contributed by atoms with Gasteiger partial charge in [-0.15, -0.1) is 0 Å². The van der Waals surface area contributed by atoms with Crippen LogP contribution in [0.5, 0.6) is 0 Å². The molecular formula is C14H23. The summed E-state index contributed by atoms with van der Waals surface area (Å²) in [5, 5.41) is 0. The molecule has 0 heteroatoms. The second-order valence-electron chi connectivity index (χ2n) is 4.07. The fraction of sp³-hybridized carbons (Fsp3) is 0.643. The van der Waals surface area contributed by atoms with Crippen LogP contribution in [0, 0.1) is 6.42 Å². The van der Waals surface area contributed by atoms with Gasteiger partial charge in [0.05, 0.1) is 0 Å². The van der Waals surface area contributed by atoms with Crippen LogP contribution in [0.4, 0.5) is 0 Å². The van der Waals surface area contributed by atoms with Gasteiger partial charge in [-0.2, -0.15) is 0 Å². The van der Waals surface area contributed by atoms with Crippen molar-refractivity contribution in [2.75, 3.05) is 0 Å². The quantitative estimate of drug-likeness (QED) is 0.514. The van der Waals surface area contributed by atoms with E-state index in [-0.39, 0.29) is 0 Å². The van der Waals surface area contributed by atoms with Gasteiger partial charge in [-0.05, 0) is 32.1 Å². The molecular weight excluding hydrogens is 168 g/mol. The Hall–Kier alpha value is -0.520. The van der Waals surface area contributed by atoms with Crippen LogP contribution in [-0.4, -0.2) is 0 Å². The lowest BCUT2D eigenvalue weighted by molar-refractivity contribution is 0.609. The third-order valence-corrected chi connectivity index (χ3v) is 2.70. The van der Waals surface area contributed by atoms with E-state index in [2.05, 4.69) is 30.7 Å². The Labute approximate surface area is 89.1 Å². The van der Waals surface area contributed by atoms with Gasteiger partial charge in [0.1, 0.15) is 0 Å². The van der Waals surface area contributed by atoms with Crippen molar-refractivity contribution < 1.29 is 0 Å². The maximum absolute atomic E-state index is 2.44. The first kappa shape index (κ1) is 11.6. The second-order valence-corrected chi connectivity index (χ2v) is 4.07. The van der Waals surface area contributed by atoms with Crippen molar-refractivity contribution in [1.29, 1.82) is 0 Å². The number of hydrogen-bond acceptors (Lipinski definition) is 0. The summed E-state index contributed by atoms with van der Waals surface area (Å²) in [6.45, 7) is 0. The molecule has 0 aromatic rings. The lowest BCUT2D eigenvalue weighted by Gasteiger charge is -2.01. The summed E-state index contributed by atoms with van der Waals surface area (Å²) in [6.07, 6.45) is 23.5. The minimum Gasteiger partial charge on any atom is -0.0845 e. The Morgan fingerprint density at radius 1 is 0.500 bits per heavy atom. The van der Waals surface area contributed by atoms with E-state index in [0.717, 1.165) is 0 Å². The highest BCUT2D eigenvalue weighted by Gasteiger charge is 1.92. The molecule has 1 rings (SSSR count). The van der Waals surface area contributed by atoms with E-state index < -0.39 is 0 Å². The number of rotatable bonds is 0. The Kier molecular flexibility index (Phi) is 7.47. The lowest BCUT2D eigenvalue weighted by atomic mass is 10.1. The summed E-state index contributed by atoms with van der Waals surface area (Å²) in [5.41, 5.74) is 0. The number of hydrogen-bond donors (Lipinski definition) is 0. The molecule has 1 aliphatic rings. The van der Waals surface area contributed by atoms with Gasteiger partial charge in [0, 0.05) is 0 Å². The zero-order valence-electron chi connectivity index (χ0n) is 9.25. The molecule has 1 aliphatic carbocycles. The average Bonchev–Trinajstić information content (AvgIpc) is 2.22. The summed E-state index contributed by atoms with van der Waals surface area (Å²) in [5.74, 6) is 0. The molecule has 0 aromatic carbocycles. The van der Waals surface area contributed by atoms with Gasteiger partial charge < -0.3 is 0 Å². The third-order valence-electron chi connectivity index (χ3n) is 2.70. The van der Waals surface area contributed by atoms with Crippen LogP contribution in [0.1, 0.15) is 57.8 Å². The van der Waals surface area contributed by atoms with Gasteiger partial charge in [0.15, 0.2) is 0 Å². The maximum atomic E-state index is 2.44. The van der Waals surface area contributed by atoms with Crippen LogP contribution in [0.25, 0.3) is 0 Å². The molecule has 1 radical (unpaired) electrons. The van der Waals surface area contributed by atoms with E-state index in [4.69, 9.17) is 0 Å². The first-order valence-electron chi connectivity index (χ1n) is 6.13. The van der Waals surface area contributed by atoms with Crippen molar-refractivity contribution in [3.63, 3.8) is 0 Å². The first-order valence-corrected chi connectivity index (χ1v) is 6.13. The predicted molar refractivity (Wildman–Crippen MR) is 64.1 cm³/mol. The van der Waals surface area contributed by atoms with Crippen molar-refractivity contribution in [1.82, 2.24) is 0 Å². The van der Waals surface area contributed by atoms with Crippen molar-refractivity contribution in [2.24, 2.45) is 0 Å². The number of allylic oxidation sites excluding steroid dienone is 4. The van der Waals surface area contributed by atoms with E-state index in [0.29, 0.717) is 0 Å². The molecule has 0 aliphatic heterocycles. The van der Waals surface area contributed by atoms with E-state index in [1.54, 1.807) is 0 Å². The zero-order valence-corrected chi connectivity index (χ0v) is 9.25. The molecule has 14 heavy (non-hydrogen) atoms. The second kappa shape index (κ2) is 9.05. The fourth-order valence-corrected chi connectivity index (χ4v) is 1.79. The highest BCUT2D eigenvalue weighted by atomic mass is 14.0. The van der Waals surface area contributed by atoms with Crippen molar-refractivity contribution in [3.8, 4) is 0 Å². The Balaban J connectivity index is 2.17. The van der Waals surface area contributed by atoms with Crippen LogP contribution < -0.4 is 0 Å².